The number of aliphatic hydroxyl groups is 1. The second kappa shape index (κ2) is 9.97. The Morgan fingerprint density at radius 1 is 1.27 bits per heavy atom. The van der Waals surface area contributed by atoms with Crippen LogP contribution in [0.5, 0.6) is 0 Å². The Bertz CT molecular complexity index is 1440. The van der Waals surface area contributed by atoms with Gasteiger partial charge in [0.1, 0.15) is 6.07 Å². The summed E-state index contributed by atoms with van der Waals surface area (Å²) in [4.78, 5) is 22.2. The molecule has 0 unspecified atom stereocenters. The Morgan fingerprint density at radius 3 is 2.76 bits per heavy atom. The Balaban J connectivity index is 1.45. The molecule has 1 amide bonds. The second-order valence-corrected chi connectivity index (χ2v) is 9.21. The highest BCUT2D eigenvalue weighted by atomic mass is 35.5. The summed E-state index contributed by atoms with van der Waals surface area (Å²) in [5, 5.41) is 43.4. The van der Waals surface area contributed by atoms with Crippen LogP contribution in [0.15, 0.2) is 18.3 Å². The molecule has 0 spiro atoms. The van der Waals surface area contributed by atoms with Gasteiger partial charge in [0, 0.05) is 19.1 Å². The lowest BCUT2D eigenvalue weighted by atomic mass is 10.0. The third-order valence-corrected chi connectivity index (χ3v) is 6.63. The van der Waals surface area contributed by atoms with Gasteiger partial charge in [0.15, 0.2) is 17.2 Å². The molecule has 2 fully saturated rings. The van der Waals surface area contributed by atoms with E-state index in [0.29, 0.717) is 46.4 Å². The second-order valence-electron chi connectivity index (χ2n) is 8.83. The maximum Gasteiger partial charge on any atom is 0.407 e. The number of imidazole rings is 1. The lowest BCUT2D eigenvalue weighted by molar-refractivity contribution is 0.103. The predicted octanol–water partition coefficient (Wildman–Crippen LogP) is 2.13. The van der Waals surface area contributed by atoms with Crippen molar-refractivity contribution in [3.05, 3.63) is 34.6 Å². The summed E-state index contributed by atoms with van der Waals surface area (Å²) < 4.78 is 6.02. The standard InChI is InChI=1S/C23H23ClN10O3/c1-37-23(36)30-15-4-5-33(11-18(15)35)17-7-12(8-25)6-16(19(17)24)29-22-31-20(28-13-2-3-13)21-27-10-14(9-26)34(21)32-22/h6-7,10,13,15,18,35H,2-5,11H2,1H3,(H,30,36)(H2,28,29,31,32)/t15-,18-/m1/s1. The van der Waals surface area contributed by atoms with E-state index < -0.39 is 18.2 Å². The molecular weight excluding hydrogens is 500 g/mol. The first kappa shape index (κ1) is 24.4. The highest BCUT2D eigenvalue weighted by Crippen LogP contribution is 2.37. The fraction of sp³-hybridized carbons (Fsp3) is 0.391. The number of ether oxygens (including phenoxy) is 1. The summed E-state index contributed by atoms with van der Waals surface area (Å²) in [5.74, 6) is 0.645. The molecule has 1 aliphatic carbocycles. The number of alkyl carbamates (subject to hydrolysis) is 1. The van der Waals surface area contributed by atoms with Crippen molar-refractivity contribution in [2.24, 2.45) is 0 Å². The molecule has 37 heavy (non-hydrogen) atoms. The van der Waals surface area contributed by atoms with Gasteiger partial charge in [-0.25, -0.2) is 9.78 Å². The van der Waals surface area contributed by atoms with Gasteiger partial charge in [0.05, 0.1) is 53.5 Å². The molecule has 5 rings (SSSR count). The molecule has 1 saturated carbocycles. The van der Waals surface area contributed by atoms with Gasteiger partial charge in [0.2, 0.25) is 5.95 Å². The van der Waals surface area contributed by atoms with Gasteiger partial charge in [-0.1, -0.05) is 11.6 Å². The molecule has 1 saturated heterocycles. The summed E-state index contributed by atoms with van der Waals surface area (Å²) in [5.41, 5.74) is 1.94. The molecule has 13 nitrogen and oxygen atoms in total. The van der Waals surface area contributed by atoms with E-state index in [0.717, 1.165) is 12.8 Å². The van der Waals surface area contributed by atoms with Crippen molar-refractivity contribution >= 4 is 46.5 Å². The molecular formula is C23H23ClN10O3. The molecule has 3 aromatic rings. The van der Waals surface area contributed by atoms with Gasteiger partial charge in [0.25, 0.3) is 0 Å². The number of anilines is 4. The van der Waals surface area contributed by atoms with Crippen LogP contribution in [0.4, 0.5) is 27.9 Å². The number of halogens is 1. The average Bonchev–Trinajstić information content (AvgIpc) is 3.62. The quantitative estimate of drug-likeness (QED) is 0.373. The third-order valence-electron chi connectivity index (χ3n) is 6.24. The fourth-order valence-corrected chi connectivity index (χ4v) is 4.45. The lowest BCUT2D eigenvalue weighted by Crippen LogP contribution is -2.54. The molecule has 2 aromatic heterocycles. The van der Waals surface area contributed by atoms with Crippen molar-refractivity contribution in [2.45, 2.75) is 37.5 Å². The number of fused-ring (bicyclic) bond motifs is 1. The van der Waals surface area contributed by atoms with Crippen molar-refractivity contribution in [2.75, 3.05) is 35.7 Å². The van der Waals surface area contributed by atoms with Crippen LogP contribution in [0, 0.1) is 22.7 Å². The van der Waals surface area contributed by atoms with E-state index in [9.17, 15) is 20.4 Å². The van der Waals surface area contributed by atoms with Gasteiger partial charge in [-0.3, -0.25) is 0 Å². The minimum absolute atomic E-state index is 0.161. The SMILES string of the molecule is COC(=O)N[C@@H]1CCN(c2cc(C#N)cc(Nc3nc(NC4CC4)c4ncc(C#N)n4n3)c2Cl)C[C@H]1O. The van der Waals surface area contributed by atoms with Crippen LogP contribution in [0.2, 0.25) is 5.02 Å². The Labute approximate surface area is 216 Å². The number of hydrogen-bond donors (Lipinski definition) is 4. The Hall–Kier alpha value is -4.33. The van der Waals surface area contributed by atoms with Crippen LogP contribution in [0.1, 0.15) is 30.5 Å². The number of methoxy groups -OCH3 is 1. The smallest absolute Gasteiger partial charge is 0.407 e. The first-order valence-corrected chi connectivity index (χ1v) is 12.0. The van der Waals surface area contributed by atoms with Crippen molar-refractivity contribution < 1.29 is 14.6 Å². The van der Waals surface area contributed by atoms with Gasteiger partial charge in [-0.2, -0.15) is 20.0 Å². The largest absolute Gasteiger partial charge is 0.453 e. The molecule has 14 heteroatoms. The summed E-state index contributed by atoms with van der Waals surface area (Å²) in [6.07, 6.45) is 2.41. The number of nitriles is 2. The van der Waals surface area contributed by atoms with E-state index in [1.54, 1.807) is 12.1 Å². The number of carbonyl (C=O) groups excluding carboxylic acids is 1. The summed E-state index contributed by atoms with van der Waals surface area (Å²) in [6.45, 7) is 0.652. The molecule has 1 aliphatic heterocycles. The number of benzene rings is 1. The molecule has 190 valence electrons. The van der Waals surface area contributed by atoms with Crippen molar-refractivity contribution in [1.82, 2.24) is 24.9 Å². The Morgan fingerprint density at radius 2 is 2.08 bits per heavy atom. The monoisotopic (exact) mass is 522 g/mol. The predicted molar refractivity (Wildman–Crippen MR) is 134 cm³/mol. The first-order chi connectivity index (χ1) is 17.9. The van der Waals surface area contributed by atoms with Gasteiger partial charge in [-0.15, -0.1) is 5.10 Å². The number of amides is 1. The van der Waals surface area contributed by atoms with Crippen LogP contribution in [0.25, 0.3) is 5.65 Å². The van der Waals surface area contributed by atoms with E-state index in [1.807, 2.05) is 4.90 Å². The average molecular weight is 523 g/mol. The topological polar surface area (TPSA) is 177 Å². The van der Waals surface area contributed by atoms with Crippen molar-refractivity contribution in [3.63, 3.8) is 0 Å². The van der Waals surface area contributed by atoms with Crippen LogP contribution in [-0.4, -0.2) is 69.2 Å². The van der Waals surface area contributed by atoms with Crippen molar-refractivity contribution in [3.8, 4) is 12.1 Å². The van der Waals surface area contributed by atoms with Crippen molar-refractivity contribution in [1.29, 1.82) is 10.5 Å². The minimum atomic E-state index is -0.876. The van der Waals surface area contributed by atoms with Crippen LogP contribution >= 0.6 is 11.6 Å². The highest BCUT2D eigenvalue weighted by molar-refractivity contribution is 6.36. The number of carbonyl (C=O) groups is 1. The number of nitrogens with one attached hydrogen (secondary N) is 3. The molecule has 1 aromatic carbocycles. The molecule has 0 radical (unpaired) electrons. The highest BCUT2D eigenvalue weighted by Gasteiger charge is 2.31. The molecule has 2 aliphatic rings. The van der Waals surface area contributed by atoms with Gasteiger partial charge < -0.3 is 30.7 Å². The fourth-order valence-electron chi connectivity index (χ4n) is 4.17. The summed E-state index contributed by atoms with van der Waals surface area (Å²) >= 11 is 6.77. The third kappa shape index (κ3) is 5.00. The zero-order valence-corrected chi connectivity index (χ0v) is 20.5. The number of piperidine rings is 1. The maximum atomic E-state index is 11.6. The van der Waals surface area contributed by atoms with Crippen LogP contribution in [-0.2, 0) is 4.74 Å². The minimum Gasteiger partial charge on any atom is -0.453 e. The van der Waals surface area contributed by atoms with Gasteiger partial charge in [-0.05, 0) is 31.4 Å². The first-order valence-electron chi connectivity index (χ1n) is 11.6. The number of hydrogen-bond acceptors (Lipinski definition) is 11. The van der Waals surface area contributed by atoms with Gasteiger partial charge >= 0.3 is 6.09 Å². The van der Waals surface area contributed by atoms with E-state index >= 15 is 0 Å². The van der Waals surface area contributed by atoms with E-state index in [4.69, 9.17) is 11.6 Å². The number of aliphatic hydroxyl groups excluding tert-OH is 1. The van der Waals surface area contributed by atoms with E-state index in [2.05, 4.69) is 47.9 Å². The Kier molecular flexibility index (Phi) is 6.56. The number of rotatable bonds is 6. The summed E-state index contributed by atoms with van der Waals surface area (Å²) in [6, 6.07) is 7.23. The van der Waals surface area contributed by atoms with Crippen LogP contribution < -0.4 is 20.9 Å². The number of β-amino-alcohol motifs (C(OH)–C–C–N with tert-alkyl or cyclic N) is 1. The van der Waals surface area contributed by atoms with E-state index in [-0.39, 0.29) is 24.2 Å². The normalized spacial score (nSPS) is 19.1. The molecule has 3 heterocycles. The molecule has 0 bridgehead atoms. The lowest BCUT2D eigenvalue weighted by Gasteiger charge is -2.38. The zero-order chi connectivity index (χ0) is 26.1. The molecule has 4 N–H and O–H groups in total. The van der Waals surface area contributed by atoms with E-state index in [1.165, 1.54) is 17.8 Å². The number of nitrogens with zero attached hydrogens (tertiary/aromatic N) is 7. The molecule has 2 atom stereocenters. The summed E-state index contributed by atoms with van der Waals surface area (Å²) in [7, 11) is 1.26. The maximum absolute atomic E-state index is 11.6. The number of aromatic nitrogens is 4. The van der Waals surface area contributed by atoms with Crippen LogP contribution in [0.3, 0.4) is 0 Å². The zero-order valence-electron chi connectivity index (χ0n) is 19.8.